The number of aromatic nitrogens is 2. The number of nitriles is 1. The summed E-state index contributed by atoms with van der Waals surface area (Å²) in [5, 5.41) is 11.2. The Labute approximate surface area is 204 Å². The third-order valence-corrected chi connectivity index (χ3v) is 5.24. The van der Waals surface area contributed by atoms with Gasteiger partial charge in [-0.2, -0.15) is 31.6 Å². The summed E-state index contributed by atoms with van der Waals surface area (Å²) in [5.41, 5.74) is -3.96. The number of hydrogen-bond acceptors (Lipinski definition) is 5. The molecule has 0 saturated carbocycles. The van der Waals surface area contributed by atoms with E-state index >= 15 is 0 Å². The van der Waals surface area contributed by atoms with Crippen molar-refractivity contribution in [2.45, 2.75) is 25.3 Å². The van der Waals surface area contributed by atoms with Gasteiger partial charge in [0.1, 0.15) is 5.57 Å². The fourth-order valence-electron chi connectivity index (χ4n) is 3.34. The first-order valence-electron chi connectivity index (χ1n) is 9.99. The van der Waals surface area contributed by atoms with Crippen LogP contribution in [0, 0.1) is 17.2 Å². The molecule has 0 aliphatic carbocycles. The average molecular weight is 533 g/mol. The van der Waals surface area contributed by atoms with Crippen LogP contribution in [0.2, 0.25) is 5.02 Å². The molecule has 1 aliphatic heterocycles. The van der Waals surface area contributed by atoms with E-state index in [0.29, 0.717) is 22.5 Å². The van der Waals surface area contributed by atoms with Crippen LogP contribution in [0.4, 0.5) is 26.3 Å². The van der Waals surface area contributed by atoms with Crippen molar-refractivity contribution in [2.75, 3.05) is 6.61 Å². The van der Waals surface area contributed by atoms with Crippen molar-refractivity contribution < 1.29 is 35.9 Å². The van der Waals surface area contributed by atoms with Crippen molar-refractivity contribution in [3.63, 3.8) is 0 Å². The van der Waals surface area contributed by atoms with Crippen LogP contribution in [0.3, 0.4) is 0 Å². The number of hydrogen-bond donors (Lipinski definition) is 1. The Morgan fingerprint density at radius 3 is 2.47 bits per heavy atom. The molecule has 0 radical (unpaired) electrons. The number of allylic oxidation sites excluding steroid dienone is 1. The van der Waals surface area contributed by atoms with E-state index in [1.807, 2.05) is 11.4 Å². The van der Waals surface area contributed by atoms with E-state index in [0.717, 1.165) is 0 Å². The minimum absolute atomic E-state index is 0.0238. The van der Waals surface area contributed by atoms with Crippen molar-refractivity contribution in [1.82, 2.24) is 14.9 Å². The second kappa shape index (κ2) is 10.1. The number of rotatable bonds is 6. The monoisotopic (exact) mass is 532 g/mol. The van der Waals surface area contributed by atoms with Gasteiger partial charge in [0.2, 0.25) is 5.75 Å². The molecular formula is C22H15ClF6N4O3. The average Bonchev–Trinajstić information content (AvgIpc) is 2.75. The summed E-state index contributed by atoms with van der Waals surface area (Å²) in [4.78, 5) is 27.7. The lowest BCUT2D eigenvalue weighted by atomic mass is 9.97. The maximum atomic E-state index is 13.5. The summed E-state index contributed by atoms with van der Waals surface area (Å²) in [5.74, 6) is -3.86. The SMILES string of the molecule is C=C1NC(=O)C(C(F)(F)F)=CC1Cn1cnc(C(F)(F)F)c(OCCc2cc(Cl)cc(C#N)c2)c1=O. The van der Waals surface area contributed by atoms with Gasteiger partial charge in [-0.05, 0) is 23.8 Å². The molecule has 1 amide bonds. The molecule has 1 N–H and O–H groups in total. The maximum Gasteiger partial charge on any atom is 0.437 e. The highest BCUT2D eigenvalue weighted by atomic mass is 35.5. The van der Waals surface area contributed by atoms with Crippen molar-refractivity contribution >= 4 is 17.5 Å². The molecule has 2 aromatic rings. The van der Waals surface area contributed by atoms with Gasteiger partial charge in [0.25, 0.3) is 11.5 Å². The van der Waals surface area contributed by atoms with Gasteiger partial charge in [0.05, 0.1) is 24.6 Å². The van der Waals surface area contributed by atoms with Crippen LogP contribution in [-0.4, -0.2) is 28.2 Å². The number of alkyl halides is 6. The predicted octanol–water partition coefficient (Wildman–Crippen LogP) is 4.16. The predicted molar refractivity (Wildman–Crippen MR) is 114 cm³/mol. The zero-order chi connectivity index (χ0) is 26.8. The van der Waals surface area contributed by atoms with Crippen molar-refractivity contribution in [3.05, 3.63) is 80.6 Å². The van der Waals surface area contributed by atoms with E-state index in [4.69, 9.17) is 21.6 Å². The van der Waals surface area contributed by atoms with Crippen LogP contribution < -0.4 is 15.6 Å². The number of carbonyl (C=O) groups excluding carboxylic acids is 1. The Hall–Kier alpha value is -3.79. The lowest BCUT2D eigenvalue weighted by Crippen LogP contribution is -2.39. The number of amides is 1. The molecule has 1 aromatic carbocycles. The Morgan fingerprint density at radius 1 is 1.17 bits per heavy atom. The molecule has 2 heterocycles. The van der Waals surface area contributed by atoms with Crippen LogP contribution in [0.1, 0.15) is 16.8 Å². The van der Waals surface area contributed by atoms with Gasteiger partial charge in [-0.15, -0.1) is 0 Å². The molecule has 0 saturated heterocycles. The molecule has 3 rings (SSSR count). The van der Waals surface area contributed by atoms with Gasteiger partial charge in [-0.3, -0.25) is 14.2 Å². The molecular weight excluding hydrogens is 518 g/mol. The molecule has 0 bridgehead atoms. The number of benzene rings is 1. The smallest absolute Gasteiger partial charge is 0.437 e. The van der Waals surface area contributed by atoms with E-state index in [1.54, 1.807) is 0 Å². The van der Waals surface area contributed by atoms with Crippen molar-refractivity contribution in [3.8, 4) is 11.8 Å². The standard InChI is InChI=1S/C22H15ClF6N4O3/c1-11-14(7-16(19(34)32-11)21(24,25)26)9-33-10-31-18(22(27,28)29)17(20(33)35)36-3-2-12-4-13(8-30)6-15(23)5-12/h4-7,10,14H,1-3,9H2,(H,32,34). The first-order valence-corrected chi connectivity index (χ1v) is 10.4. The van der Waals surface area contributed by atoms with Gasteiger partial charge in [0.15, 0.2) is 5.69 Å². The summed E-state index contributed by atoms with van der Waals surface area (Å²) < 4.78 is 85.5. The molecule has 1 unspecified atom stereocenters. The fourth-order valence-corrected chi connectivity index (χ4v) is 3.60. The first-order chi connectivity index (χ1) is 16.7. The molecule has 1 atom stereocenters. The highest BCUT2D eigenvalue weighted by Crippen LogP contribution is 2.34. The fraction of sp³-hybridized carbons (Fsp3) is 0.273. The number of halogens is 7. The van der Waals surface area contributed by atoms with Crippen LogP contribution in [0.25, 0.3) is 0 Å². The van der Waals surface area contributed by atoms with E-state index in [1.165, 1.54) is 18.2 Å². The normalized spacial score (nSPS) is 16.3. The topological polar surface area (TPSA) is 97.0 Å². The Bertz CT molecular complexity index is 1340. The number of carbonyl (C=O) groups is 1. The van der Waals surface area contributed by atoms with E-state index < -0.39 is 59.9 Å². The van der Waals surface area contributed by atoms with Gasteiger partial charge < -0.3 is 10.1 Å². The van der Waals surface area contributed by atoms with E-state index in [-0.39, 0.29) is 22.7 Å². The maximum absolute atomic E-state index is 13.5. The van der Waals surface area contributed by atoms with Crippen LogP contribution >= 0.6 is 11.6 Å². The number of ether oxygens (including phenoxy) is 1. The van der Waals surface area contributed by atoms with Gasteiger partial charge in [-0.1, -0.05) is 24.3 Å². The second-order valence-corrected chi connectivity index (χ2v) is 8.04. The number of nitrogens with one attached hydrogen (secondary N) is 1. The van der Waals surface area contributed by atoms with E-state index in [9.17, 15) is 35.9 Å². The minimum Gasteiger partial charge on any atom is -0.486 e. The zero-order valence-electron chi connectivity index (χ0n) is 18.0. The molecule has 0 fully saturated rings. The Balaban J connectivity index is 1.91. The van der Waals surface area contributed by atoms with E-state index in [2.05, 4.69) is 11.6 Å². The van der Waals surface area contributed by atoms with Crippen molar-refractivity contribution in [1.29, 1.82) is 5.26 Å². The van der Waals surface area contributed by atoms with Crippen LogP contribution in [-0.2, 0) is 23.9 Å². The second-order valence-electron chi connectivity index (χ2n) is 7.60. The van der Waals surface area contributed by atoms with Gasteiger partial charge >= 0.3 is 12.4 Å². The highest BCUT2D eigenvalue weighted by Gasteiger charge is 2.42. The third kappa shape index (κ3) is 6.06. The molecule has 14 heteroatoms. The third-order valence-electron chi connectivity index (χ3n) is 5.02. The van der Waals surface area contributed by atoms with Gasteiger partial charge in [-0.25, -0.2) is 4.98 Å². The summed E-state index contributed by atoms with van der Waals surface area (Å²) in [7, 11) is 0. The Morgan fingerprint density at radius 2 is 1.86 bits per heavy atom. The van der Waals surface area contributed by atoms with Crippen LogP contribution in [0.5, 0.6) is 5.75 Å². The summed E-state index contributed by atoms with van der Waals surface area (Å²) in [6.45, 7) is 2.42. The lowest BCUT2D eigenvalue weighted by molar-refractivity contribution is -0.143. The number of nitrogens with zero attached hydrogens (tertiary/aromatic N) is 3. The summed E-state index contributed by atoms with van der Waals surface area (Å²) in [6.07, 6.45) is -9.02. The summed E-state index contributed by atoms with van der Waals surface area (Å²) >= 11 is 5.90. The largest absolute Gasteiger partial charge is 0.486 e. The summed E-state index contributed by atoms with van der Waals surface area (Å²) in [6, 6.07) is 6.16. The van der Waals surface area contributed by atoms with Crippen molar-refractivity contribution in [2.24, 2.45) is 5.92 Å². The van der Waals surface area contributed by atoms with Gasteiger partial charge in [0, 0.05) is 29.6 Å². The molecule has 0 spiro atoms. The first kappa shape index (κ1) is 26.8. The molecule has 1 aliphatic rings. The molecule has 36 heavy (non-hydrogen) atoms. The molecule has 7 nitrogen and oxygen atoms in total. The Kier molecular flexibility index (Phi) is 7.49. The highest BCUT2D eigenvalue weighted by molar-refractivity contribution is 6.30. The minimum atomic E-state index is -5.07. The molecule has 1 aromatic heterocycles. The quantitative estimate of drug-likeness (QED) is 0.564. The lowest BCUT2D eigenvalue weighted by Gasteiger charge is -2.25. The van der Waals surface area contributed by atoms with Crippen LogP contribution in [0.15, 0.2) is 53.2 Å². The zero-order valence-corrected chi connectivity index (χ0v) is 18.8. The molecule has 190 valence electrons.